The Morgan fingerprint density at radius 2 is 2.22 bits per heavy atom. The highest BCUT2D eigenvalue weighted by molar-refractivity contribution is 7.79. The summed E-state index contributed by atoms with van der Waals surface area (Å²) in [6.07, 6.45) is 0.853. The van der Waals surface area contributed by atoms with Crippen molar-refractivity contribution in [2.75, 3.05) is 0 Å². The molecule has 0 amide bonds. The molecule has 0 atom stereocenters. The third-order valence-corrected chi connectivity index (χ3v) is 4.27. The van der Waals surface area contributed by atoms with Crippen LogP contribution in [0.25, 0.3) is 0 Å². The molecule has 1 aromatic heterocycles. The van der Waals surface area contributed by atoms with Gasteiger partial charge >= 0.3 is 0 Å². The van der Waals surface area contributed by atoms with Crippen LogP contribution in [-0.4, -0.2) is 6.29 Å². The van der Waals surface area contributed by atoms with Gasteiger partial charge in [0, 0.05) is 0 Å². The molecule has 0 aliphatic heterocycles. The van der Waals surface area contributed by atoms with Crippen molar-refractivity contribution >= 4 is 39.2 Å². The lowest BCUT2D eigenvalue weighted by atomic mass is 10.3. The number of hydrogen-bond donors (Lipinski definition) is 0. The van der Waals surface area contributed by atoms with Crippen molar-refractivity contribution in [3.63, 3.8) is 0 Å². The highest BCUT2D eigenvalue weighted by Gasteiger charge is 1.99. The van der Waals surface area contributed by atoms with Gasteiger partial charge in [0.15, 0.2) is 6.29 Å². The van der Waals surface area contributed by atoms with Gasteiger partial charge < -0.3 is 0 Å². The molecule has 0 radical (unpaired) electrons. The van der Waals surface area contributed by atoms with Crippen LogP contribution in [0.1, 0.15) is 15.2 Å². The molecule has 0 spiro atoms. The van der Waals surface area contributed by atoms with Crippen LogP contribution in [0.5, 0.6) is 0 Å². The van der Waals surface area contributed by atoms with Crippen LogP contribution in [0.2, 0.25) is 0 Å². The van der Waals surface area contributed by atoms with Crippen LogP contribution in [-0.2, 0) is 0 Å². The molecular formula is C5H4OS3. The average molecular weight is 176 g/mol. The lowest BCUT2D eigenvalue weighted by Gasteiger charge is -1.78. The molecule has 0 saturated carbocycles. The van der Waals surface area contributed by atoms with E-state index in [0.29, 0.717) is 0 Å². The Morgan fingerprint density at radius 1 is 1.56 bits per heavy atom. The lowest BCUT2D eigenvalue weighted by Crippen LogP contribution is -1.73. The van der Waals surface area contributed by atoms with Crippen LogP contribution >= 0.6 is 32.9 Å². The largest absolute Gasteiger partial charge is 0.297 e. The van der Waals surface area contributed by atoms with Crippen molar-refractivity contribution in [2.45, 2.75) is 6.92 Å². The van der Waals surface area contributed by atoms with E-state index in [4.69, 9.17) is 12.2 Å². The SMILES string of the molecule is Cc1c(C=O)ssc1=S. The predicted octanol–water partition coefficient (Wildman–Crippen LogP) is 2.66. The number of carbonyl (C=O) groups is 1. The molecule has 48 valence electrons. The van der Waals surface area contributed by atoms with Crippen LogP contribution in [0, 0.1) is 10.7 Å². The van der Waals surface area contributed by atoms with Crippen molar-refractivity contribution in [2.24, 2.45) is 0 Å². The molecule has 4 heteroatoms. The molecule has 0 unspecified atom stereocenters. The number of carbonyl (C=O) groups excluding carboxylic acids is 1. The molecule has 9 heavy (non-hydrogen) atoms. The van der Waals surface area contributed by atoms with Gasteiger partial charge in [0.25, 0.3) is 0 Å². The van der Waals surface area contributed by atoms with Crippen LogP contribution in [0.3, 0.4) is 0 Å². The molecule has 0 fully saturated rings. The van der Waals surface area contributed by atoms with E-state index in [2.05, 4.69) is 0 Å². The second-order valence-corrected chi connectivity index (χ2v) is 4.41. The molecule has 1 rings (SSSR count). The molecule has 0 aliphatic carbocycles. The van der Waals surface area contributed by atoms with Gasteiger partial charge in [0.05, 0.1) is 4.88 Å². The van der Waals surface area contributed by atoms with Crippen molar-refractivity contribution in [3.05, 3.63) is 14.3 Å². The fourth-order valence-corrected chi connectivity index (χ4v) is 2.99. The quantitative estimate of drug-likeness (QED) is 0.372. The van der Waals surface area contributed by atoms with E-state index in [9.17, 15) is 4.79 Å². The third-order valence-electron chi connectivity index (χ3n) is 0.990. The van der Waals surface area contributed by atoms with E-state index in [-0.39, 0.29) is 0 Å². The second kappa shape index (κ2) is 2.68. The van der Waals surface area contributed by atoms with Crippen molar-refractivity contribution < 1.29 is 4.79 Å². The maximum absolute atomic E-state index is 10.2. The highest BCUT2D eigenvalue weighted by atomic mass is 32.9. The molecule has 0 aromatic carbocycles. The number of hydrogen-bond acceptors (Lipinski definition) is 4. The second-order valence-electron chi connectivity index (χ2n) is 1.56. The van der Waals surface area contributed by atoms with Gasteiger partial charge in [-0.1, -0.05) is 32.9 Å². The fraction of sp³-hybridized carbons (Fsp3) is 0.200. The molecule has 0 N–H and O–H groups in total. The summed E-state index contributed by atoms with van der Waals surface area (Å²) in [7, 11) is 2.93. The van der Waals surface area contributed by atoms with E-state index < -0.39 is 0 Å². The maximum Gasteiger partial charge on any atom is 0.161 e. The maximum atomic E-state index is 10.2. The Labute approximate surface area is 65.4 Å². The van der Waals surface area contributed by atoms with Crippen LogP contribution in [0.15, 0.2) is 0 Å². The molecule has 1 aromatic rings. The zero-order valence-corrected chi connectivity index (χ0v) is 7.16. The van der Waals surface area contributed by atoms with Crippen LogP contribution in [0.4, 0.5) is 0 Å². The zero-order chi connectivity index (χ0) is 6.85. The smallest absolute Gasteiger partial charge is 0.161 e. The topological polar surface area (TPSA) is 17.1 Å². The Bertz CT molecular complexity index is 270. The Balaban J connectivity index is 3.35. The first-order chi connectivity index (χ1) is 4.25. The molecule has 0 bridgehead atoms. The fourth-order valence-electron chi connectivity index (χ4n) is 0.416. The predicted molar refractivity (Wildman–Crippen MR) is 43.2 cm³/mol. The van der Waals surface area contributed by atoms with Gasteiger partial charge in [-0.05, 0) is 12.5 Å². The summed E-state index contributed by atoms with van der Waals surface area (Å²) >= 11 is 4.91. The molecule has 1 nitrogen and oxygen atoms in total. The minimum atomic E-state index is 0.769. The Morgan fingerprint density at radius 3 is 2.44 bits per heavy atom. The van der Waals surface area contributed by atoms with Crippen molar-refractivity contribution in [1.82, 2.24) is 0 Å². The van der Waals surface area contributed by atoms with Gasteiger partial charge in [0.1, 0.15) is 3.82 Å². The average Bonchev–Trinajstić information content (AvgIpc) is 2.15. The van der Waals surface area contributed by atoms with E-state index in [0.717, 1.165) is 20.6 Å². The summed E-state index contributed by atoms with van der Waals surface area (Å²) < 4.78 is 0.835. The van der Waals surface area contributed by atoms with Crippen LogP contribution < -0.4 is 0 Å². The lowest BCUT2D eigenvalue weighted by molar-refractivity contribution is 0.112. The summed E-state index contributed by atoms with van der Waals surface area (Å²) in [5.74, 6) is 0. The first kappa shape index (κ1) is 7.05. The first-order valence-corrected chi connectivity index (χ1v) is 4.86. The van der Waals surface area contributed by atoms with Crippen molar-refractivity contribution in [1.29, 1.82) is 0 Å². The molecular weight excluding hydrogens is 172 g/mol. The first-order valence-electron chi connectivity index (χ1n) is 2.30. The van der Waals surface area contributed by atoms with E-state index in [1.54, 1.807) is 0 Å². The summed E-state index contributed by atoms with van der Waals surface area (Å²) in [5.41, 5.74) is 0.954. The van der Waals surface area contributed by atoms with Gasteiger partial charge in [-0.3, -0.25) is 4.79 Å². The monoisotopic (exact) mass is 176 g/mol. The summed E-state index contributed by atoms with van der Waals surface area (Å²) in [5, 5.41) is 0. The minimum Gasteiger partial charge on any atom is -0.297 e. The minimum absolute atomic E-state index is 0.769. The molecule has 0 saturated heterocycles. The number of aldehydes is 1. The van der Waals surface area contributed by atoms with Gasteiger partial charge in [-0.25, -0.2) is 0 Å². The summed E-state index contributed by atoms with van der Waals surface area (Å²) in [6.45, 7) is 1.87. The zero-order valence-electron chi connectivity index (χ0n) is 4.71. The standard InChI is InChI=1S/C5H4OS3/c1-3-4(2-6)8-9-5(3)7/h2H,1H3. The summed E-state index contributed by atoms with van der Waals surface area (Å²) in [4.78, 5) is 11.0. The van der Waals surface area contributed by atoms with Crippen molar-refractivity contribution in [3.8, 4) is 0 Å². The van der Waals surface area contributed by atoms with E-state index in [1.807, 2.05) is 6.92 Å². The molecule has 0 aliphatic rings. The molecule has 1 heterocycles. The number of rotatable bonds is 1. The summed E-state index contributed by atoms with van der Waals surface area (Å²) in [6, 6.07) is 0. The third kappa shape index (κ3) is 1.26. The van der Waals surface area contributed by atoms with E-state index in [1.165, 1.54) is 20.7 Å². The highest BCUT2D eigenvalue weighted by Crippen LogP contribution is 2.21. The Hall–Kier alpha value is -0.0600. The van der Waals surface area contributed by atoms with Gasteiger partial charge in [-0.2, -0.15) is 0 Å². The van der Waals surface area contributed by atoms with Gasteiger partial charge in [0.2, 0.25) is 0 Å². The Kier molecular flexibility index (Phi) is 2.10. The normalized spacial score (nSPS) is 9.44. The van der Waals surface area contributed by atoms with E-state index >= 15 is 0 Å². The van der Waals surface area contributed by atoms with Gasteiger partial charge in [-0.15, -0.1) is 0 Å².